The zero-order chi connectivity index (χ0) is 12.8. The first-order chi connectivity index (χ1) is 8.11. The number of hydrogen-bond acceptors (Lipinski definition) is 3. The molecule has 0 fully saturated rings. The molecular formula is C13H15ClN2O. The Bertz CT molecular complexity index is 438. The van der Waals surface area contributed by atoms with Gasteiger partial charge in [0, 0.05) is 18.2 Å². The molecule has 0 bridgehead atoms. The minimum absolute atomic E-state index is 0.182. The minimum atomic E-state index is 0.182. The van der Waals surface area contributed by atoms with E-state index in [0.717, 1.165) is 12.0 Å². The van der Waals surface area contributed by atoms with Gasteiger partial charge < -0.3 is 4.90 Å². The number of aldehydes is 1. The summed E-state index contributed by atoms with van der Waals surface area (Å²) in [5.41, 5.74) is 1.28. The topological polar surface area (TPSA) is 44.1 Å². The zero-order valence-electron chi connectivity index (χ0n) is 9.98. The van der Waals surface area contributed by atoms with Gasteiger partial charge in [-0.15, -0.1) is 0 Å². The molecule has 0 unspecified atom stereocenters. The fourth-order valence-corrected chi connectivity index (χ4v) is 2.02. The normalized spacial score (nSPS) is 10.1. The third-order valence-corrected chi connectivity index (χ3v) is 2.83. The molecule has 4 heteroatoms. The van der Waals surface area contributed by atoms with E-state index in [2.05, 4.69) is 6.07 Å². The van der Waals surface area contributed by atoms with E-state index in [-0.39, 0.29) is 6.04 Å². The lowest BCUT2D eigenvalue weighted by Crippen LogP contribution is -2.32. The summed E-state index contributed by atoms with van der Waals surface area (Å²) in [7, 11) is 0. The summed E-state index contributed by atoms with van der Waals surface area (Å²) in [5.74, 6) is 0. The fourth-order valence-electron chi connectivity index (χ4n) is 1.73. The molecule has 1 aromatic rings. The summed E-state index contributed by atoms with van der Waals surface area (Å²) in [4.78, 5) is 13.0. The van der Waals surface area contributed by atoms with Crippen molar-refractivity contribution in [2.45, 2.75) is 26.3 Å². The predicted molar refractivity (Wildman–Crippen MR) is 69.6 cm³/mol. The van der Waals surface area contributed by atoms with Gasteiger partial charge in [-0.3, -0.25) is 4.79 Å². The van der Waals surface area contributed by atoms with Gasteiger partial charge in [-0.1, -0.05) is 17.7 Å². The molecule has 0 aromatic heterocycles. The number of benzene rings is 1. The lowest BCUT2D eigenvalue weighted by atomic mass is 10.1. The van der Waals surface area contributed by atoms with Crippen molar-refractivity contribution in [1.29, 1.82) is 5.26 Å². The van der Waals surface area contributed by atoms with Crippen LogP contribution in [0.4, 0.5) is 5.69 Å². The summed E-state index contributed by atoms with van der Waals surface area (Å²) in [6.45, 7) is 4.59. The highest BCUT2D eigenvalue weighted by Gasteiger charge is 2.17. The van der Waals surface area contributed by atoms with Crippen LogP contribution in [0.1, 0.15) is 30.6 Å². The van der Waals surface area contributed by atoms with Crippen LogP contribution >= 0.6 is 11.6 Å². The van der Waals surface area contributed by atoms with Crippen LogP contribution in [0.5, 0.6) is 0 Å². The summed E-state index contributed by atoms with van der Waals surface area (Å²) in [6, 6.07) is 7.53. The molecule has 0 saturated heterocycles. The van der Waals surface area contributed by atoms with E-state index in [1.54, 1.807) is 18.2 Å². The molecular weight excluding hydrogens is 236 g/mol. The Morgan fingerprint density at radius 1 is 1.53 bits per heavy atom. The molecule has 0 amide bonds. The van der Waals surface area contributed by atoms with E-state index < -0.39 is 0 Å². The lowest BCUT2D eigenvalue weighted by molar-refractivity contribution is 0.112. The number of rotatable bonds is 5. The largest absolute Gasteiger partial charge is 0.366 e. The highest BCUT2D eigenvalue weighted by atomic mass is 35.5. The third-order valence-electron chi connectivity index (χ3n) is 2.52. The standard InChI is InChI=1S/C13H15ClN2O/c1-10(2)16(8-4-7-15)13-11(9-17)5-3-6-12(13)14/h3,5-6,9-10H,4,8H2,1-2H3. The van der Waals surface area contributed by atoms with Crippen molar-refractivity contribution in [1.82, 2.24) is 0 Å². The number of nitriles is 1. The van der Waals surface area contributed by atoms with Crippen molar-refractivity contribution < 1.29 is 4.79 Å². The molecule has 0 saturated carbocycles. The van der Waals surface area contributed by atoms with Gasteiger partial charge in [-0.2, -0.15) is 5.26 Å². The number of carbonyl (C=O) groups excluding carboxylic acids is 1. The lowest BCUT2D eigenvalue weighted by Gasteiger charge is -2.30. The molecule has 0 N–H and O–H groups in total. The number of nitrogens with zero attached hydrogens (tertiary/aromatic N) is 2. The third kappa shape index (κ3) is 3.21. The zero-order valence-corrected chi connectivity index (χ0v) is 10.7. The van der Waals surface area contributed by atoms with Crippen molar-refractivity contribution in [3.63, 3.8) is 0 Å². The van der Waals surface area contributed by atoms with Gasteiger partial charge >= 0.3 is 0 Å². The number of hydrogen-bond donors (Lipinski definition) is 0. The average molecular weight is 251 g/mol. The first-order valence-corrected chi connectivity index (χ1v) is 5.87. The molecule has 0 radical (unpaired) electrons. The van der Waals surface area contributed by atoms with Crippen molar-refractivity contribution in [3.8, 4) is 6.07 Å². The number of anilines is 1. The van der Waals surface area contributed by atoms with Crippen molar-refractivity contribution in [2.24, 2.45) is 0 Å². The molecule has 17 heavy (non-hydrogen) atoms. The van der Waals surface area contributed by atoms with Gasteiger partial charge in [0.15, 0.2) is 6.29 Å². The summed E-state index contributed by atoms with van der Waals surface area (Å²) < 4.78 is 0. The number of carbonyl (C=O) groups is 1. The van der Waals surface area contributed by atoms with E-state index >= 15 is 0 Å². The number of para-hydroxylation sites is 1. The SMILES string of the molecule is CC(C)N(CCC#N)c1c(Cl)cccc1C=O. The van der Waals surface area contributed by atoms with Crippen LogP contribution in [0.25, 0.3) is 0 Å². The Balaban J connectivity index is 3.17. The maximum absolute atomic E-state index is 11.0. The van der Waals surface area contributed by atoms with E-state index in [1.165, 1.54) is 0 Å². The smallest absolute Gasteiger partial charge is 0.152 e. The maximum Gasteiger partial charge on any atom is 0.152 e. The van der Waals surface area contributed by atoms with Gasteiger partial charge in [0.1, 0.15) is 0 Å². The maximum atomic E-state index is 11.0. The Morgan fingerprint density at radius 2 is 2.24 bits per heavy atom. The summed E-state index contributed by atoms with van der Waals surface area (Å²) in [5, 5.41) is 9.20. The second-order valence-corrected chi connectivity index (χ2v) is 4.40. The highest BCUT2D eigenvalue weighted by Crippen LogP contribution is 2.30. The molecule has 0 aliphatic carbocycles. The van der Waals surface area contributed by atoms with Crippen LogP contribution in [0.15, 0.2) is 18.2 Å². The van der Waals surface area contributed by atoms with Gasteiger partial charge in [0.25, 0.3) is 0 Å². The van der Waals surface area contributed by atoms with E-state index in [1.807, 2.05) is 18.7 Å². The summed E-state index contributed by atoms with van der Waals surface area (Å²) in [6.07, 6.45) is 1.20. The van der Waals surface area contributed by atoms with Crippen LogP contribution < -0.4 is 4.90 Å². The van der Waals surface area contributed by atoms with Gasteiger partial charge in [-0.25, -0.2) is 0 Å². The highest BCUT2D eigenvalue weighted by molar-refractivity contribution is 6.33. The molecule has 0 atom stereocenters. The Morgan fingerprint density at radius 3 is 2.76 bits per heavy atom. The minimum Gasteiger partial charge on any atom is -0.366 e. The second-order valence-electron chi connectivity index (χ2n) is 3.99. The molecule has 90 valence electrons. The fraction of sp³-hybridized carbons (Fsp3) is 0.385. The Kier molecular flexibility index (Phi) is 4.99. The second kappa shape index (κ2) is 6.27. The molecule has 0 spiro atoms. The van der Waals surface area contributed by atoms with E-state index in [4.69, 9.17) is 16.9 Å². The molecule has 0 aliphatic rings. The first-order valence-electron chi connectivity index (χ1n) is 5.49. The molecule has 0 aliphatic heterocycles. The van der Waals surface area contributed by atoms with Gasteiger partial charge in [-0.05, 0) is 26.0 Å². The molecule has 0 heterocycles. The molecule has 1 aromatic carbocycles. The first kappa shape index (κ1) is 13.5. The Labute approximate surface area is 107 Å². The van der Waals surface area contributed by atoms with Crippen molar-refractivity contribution in [2.75, 3.05) is 11.4 Å². The summed E-state index contributed by atoms with van der Waals surface area (Å²) >= 11 is 6.14. The van der Waals surface area contributed by atoms with Gasteiger partial charge in [0.2, 0.25) is 0 Å². The number of halogens is 1. The van der Waals surface area contributed by atoms with Crippen molar-refractivity contribution >= 4 is 23.6 Å². The monoisotopic (exact) mass is 250 g/mol. The predicted octanol–water partition coefficient (Wildman–Crippen LogP) is 3.28. The average Bonchev–Trinajstić information content (AvgIpc) is 2.30. The van der Waals surface area contributed by atoms with Gasteiger partial charge in [0.05, 0.1) is 23.2 Å². The van der Waals surface area contributed by atoms with E-state index in [0.29, 0.717) is 23.6 Å². The van der Waals surface area contributed by atoms with Crippen LogP contribution in [-0.2, 0) is 0 Å². The Hall–Kier alpha value is -1.53. The molecule has 1 rings (SSSR count). The van der Waals surface area contributed by atoms with Crippen LogP contribution in [0, 0.1) is 11.3 Å². The van der Waals surface area contributed by atoms with Crippen LogP contribution in [-0.4, -0.2) is 18.9 Å². The quantitative estimate of drug-likeness (QED) is 0.754. The van der Waals surface area contributed by atoms with E-state index in [9.17, 15) is 4.79 Å². The van der Waals surface area contributed by atoms with Crippen LogP contribution in [0.2, 0.25) is 5.02 Å². The molecule has 3 nitrogen and oxygen atoms in total. The van der Waals surface area contributed by atoms with Crippen LogP contribution in [0.3, 0.4) is 0 Å². The van der Waals surface area contributed by atoms with Crippen molar-refractivity contribution in [3.05, 3.63) is 28.8 Å².